The van der Waals surface area contributed by atoms with Gasteiger partial charge in [0.15, 0.2) is 0 Å². The fourth-order valence-corrected chi connectivity index (χ4v) is 2.11. The standard InChI is InChI=1S/C16H26ClN/c1-4-12-18-13-11-16(2,3)10-9-14-5-7-15(17)8-6-14/h5-8,18H,4,9-13H2,1-3H3. The van der Waals surface area contributed by atoms with Gasteiger partial charge in [-0.1, -0.05) is 44.5 Å². The van der Waals surface area contributed by atoms with Gasteiger partial charge in [-0.2, -0.15) is 0 Å². The van der Waals surface area contributed by atoms with Gasteiger partial charge in [0, 0.05) is 5.02 Å². The van der Waals surface area contributed by atoms with Crippen LogP contribution in [0.15, 0.2) is 24.3 Å². The maximum absolute atomic E-state index is 5.89. The number of rotatable bonds is 8. The Morgan fingerprint density at radius 1 is 1.06 bits per heavy atom. The van der Waals surface area contributed by atoms with Crippen LogP contribution in [0.2, 0.25) is 5.02 Å². The molecule has 0 atom stereocenters. The fourth-order valence-electron chi connectivity index (χ4n) is 1.99. The Morgan fingerprint density at radius 3 is 2.33 bits per heavy atom. The molecule has 0 aliphatic carbocycles. The molecule has 1 rings (SSSR count). The van der Waals surface area contributed by atoms with Crippen molar-refractivity contribution in [1.82, 2.24) is 5.32 Å². The Labute approximate surface area is 117 Å². The second kappa shape index (κ2) is 7.81. The van der Waals surface area contributed by atoms with Crippen LogP contribution in [0.25, 0.3) is 0 Å². The average molecular weight is 268 g/mol. The monoisotopic (exact) mass is 267 g/mol. The van der Waals surface area contributed by atoms with Crippen molar-refractivity contribution >= 4 is 11.6 Å². The zero-order valence-corrected chi connectivity index (χ0v) is 12.7. The van der Waals surface area contributed by atoms with Crippen LogP contribution in [0, 0.1) is 5.41 Å². The summed E-state index contributed by atoms with van der Waals surface area (Å²) < 4.78 is 0. The maximum atomic E-state index is 5.89. The molecule has 0 bridgehead atoms. The Morgan fingerprint density at radius 2 is 1.72 bits per heavy atom. The van der Waals surface area contributed by atoms with E-state index in [0.29, 0.717) is 5.41 Å². The molecule has 1 N–H and O–H groups in total. The first-order chi connectivity index (χ1) is 8.53. The van der Waals surface area contributed by atoms with Crippen molar-refractivity contribution in [3.63, 3.8) is 0 Å². The molecule has 2 heteroatoms. The smallest absolute Gasteiger partial charge is 0.0406 e. The van der Waals surface area contributed by atoms with Crippen LogP contribution < -0.4 is 5.32 Å². The summed E-state index contributed by atoms with van der Waals surface area (Å²) in [5.74, 6) is 0. The molecule has 0 spiro atoms. The Hall–Kier alpha value is -0.530. The van der Waals surface area contributed by atoms with Crippen molar-refractivity contribution in [2.45, 2.75) is 46.5 Å². The molecule has 1 aromatic rings. The lowest BCUT2D eigenvalue weighted by Gasteiger charge is -2.24. The van der Waals surface area contributed by atoms with Crippen LogP contribution >= 0.6 is 11.6 Å². The van der Waals surface area contributed by atoms with Gasteiger partial charge in [-0.15, -0.1) is 0 Å². The first kappa shape index (κ1) is 15.5. The zero-order valence-electron chi connectivity index (χ0n) is 11.9. The van der Waals surface area contributed by atoms with Gasteiger partial charge >= 0.3 is 0 Å². The summed E-state index contributed by atoms with van der Waals surface area (Å²) in [6.07, 6.45) is 4.81. The molecule has 18 heavy (non-hydrogen) atoms. The van der Waals surface area contributed by atoms with Crippen molar-refractivity contribution in [3.05, 3.63) is 34.9 Å². The quantitative estimate of drug-likeness (QED) is 0.674. The first-order valence-electron chi connectivity index (χ1n) is 6.99. The van der Waals surface area contributed by atoms with Gasteiger partial charge in [0.2, 0.25) is 0 Å². The fraction of sp³-hybridized carbons (Fsp3) is 0.625. The largest absolute Gasteiger partial charge is 0.317 e. The molecule has 1 nitrogen and oxygen atoms in total. The van der Waals surface area contributed by atoms with Gasteiger partial charge in [-0.3, -0.25) is 0 Å². The molecule has 0 saturated carbocycles. The summed E-state index contributed by atoms with van der Waals surface area (Å²) in [5, 5.41) is 4.30. The van der Waals surface area contributed by atoms with E-state index in [2.05, 4.69) is 38.2 Å². The molecule has 0 heterocycles. The van der Waals surface area contributed by atoms with Gasteiger partial charge in [-0.05, 0) is 61.9 Å². The predicted octanol–water partition coefficient (Wildman–Crippen LogP) is 4.69. The van der Waals surface area contributed by atoms with E-state index in [4.69, 9.17) is 11.6 Å². The molecule has 0 aromatic heterocycles. The summed E-state index contributed by atoms with van der Waals surface area (Å²) in [7, 11) is 0. The molecule has 0 aliphatic rings. The van der Waals surface area contributed by atoms with E-state index in [-0.39, 0.29) is 0 Å². The van der Waals surface area contributed by atoms with E-state index in [0.717, 1.165) is 24.5 Å². The van der Waals surface area contributed by atoms with Crippen LogP contribution in [0.1, 0.15) is 45.6 Å². The van der Waals surface area contributed by atoms with Crippen LogP contribution in [0.3, 0.4) is 0 Å². The van der Waals surface area contributed by atoms with Crippen LogP contribution in [-0.4, -0.2) is 13.1 Å². The SMILES string of the molecule is CCCNCCC(C)(C)CCc1ccc(Cl)cc1. The van der Waals surface area contributed by atoms with E-state index >= 15 is 0 Å². The van der Waals surface area contributed by atoms with E-state index in [1.165, 1.54) is 24.8 Å². The second-order valence-corrected chi connectivity index (χ2v) is 6.23. The lowest BCUT2D eigenvalue weighted by atomic mass is 9.83. The lowest BCUT2D eigenvalue weighted by Crippen LogP contribution is -2.23. The van der Waals surface area contributed by atoms with Crippen LogP contribution in [0.5, 0.6) is 0 Å². The number of nitrogens with one attached hydrogen (secondary N) is 1. The summed E-state index contributed by atoms with van der Waals surface area (Å²) in [6, 6.07) is 8.22. The first-order valence-corrected chi connectivity index (χ1v) is 7.36. The van der Waals surface area contributed by atoms with E-state index < -0.39 is 0 Å². The third-order valence-corrected chi connectivity index (χ3v) is 3.66. The highest BCUT2D eigenvalue weighted by Gasteiger charge is 2.16. The number of halogens is 1. The minimum Gasteiger partial charge on any atom is -0.317 e. The molecule has 102 valence electrons. The topological polar surface area (TPSA) is 12.0 Å². The summed E-state index contributed by atoms with van der Waals surface area (Å²) in [4.78, 5) is 0. The molecule has 0 aliphatic heterocycles. The van der Waals surface area contributed by atoms with Gasteiger partial charge in [0.05, 0.1) is 0 Å². The lowest BCUT2D eigenvalue weighted by molar-refractivity contribution is 0.302. The molecule has 0 unspecified atom stereocenters. The maximum Gasteiger partial charge on any atom is 0.0406 e. The van der Waals surface area contributed by atoms with Crippen molar-refractivity contribution in [2.24, 2.45) is 5.41 Å². The molecular weight excluding hydrogens is 242 g/mol. The number of hydrogen-bond donors (Lipinski definition) is 1. The van der Waals surface area contributed by atoms with Crippen molar-refractivity contribution < 1.29 is 0 Å². The van der Waals surface area contributed by atoms with Crippen molar-refractivity contribution in [2.75, 3.05) is 13.1 Å². The third kappa shape index (κ3) is 6.42. The average Bonchev–Trinajstić information content (AvgIpc) is 2.34. The van der Waals surface area contributed by atoms with Crippen molar-refractivity contribution in [3.8, 4) is 0 Å². The van der Waals surface area contributed by atoms with Crippen LogP contribution in [0.4, 0.5) is 0 Å². The van der Waals surface area contributed by atoms with Gasteiger partial charge < -0.3 is 5.32 Å². The minimum atomic E-state index is 0.403. The van der Waals surface area contributed by atoms with Gasteiger partial charge in [0.1, 0.15) is 0 Å². The van der Waals surface area contributed by atoms with E-state index in [1.807, 2.05) is 12.1 Å². The van der Waals surface area contributed by atoms with Gasteiger partial charge in [-0.25, -0.2) is 0 Å². The highest BCUT2D eigenvalue weighted by atomic mass is 35.5. The molecule has 0 amide bonds. The predicted molar refractivity (Wildman–Crippen MR) is 81.3 cm³/mol. The molecule has 1 aromatic carbocycles. The number of benzene rings is 1. The highest BCUT2D eigenvalue weighted by molar-refractivity contribution is 6.30. The summed E-state index contributed by atoms with van der Waals surface area (Å²) in [6.45, 7) is 9.18. The highest BCUT2D eigenvalue weighted by Crippen LogP contribution is 2.26. The van der Waals surface area contributed by atoms with E-state index in [9.17, 15) is 0 Å². The third-order valence-electron chi connectivity index (χ3n) is 3.41. The number of aryl methyl sites for hydroxylation is 1. The number of hydrogen-bond acceptors (Lipinski definition) is 1. The molecular formula is C16H26ClN. The summed E-state index contributed by atoms with van der Waals surface area (Å²) >= 11 is 5.89. The minimum absolute atomic E-state index is 0.403. The molecule has 0 fully saturated rings. The van der Waals surface area contributed by atoms with Gasteiger partial charge in [0.25, 0.3) is 0 Å². The Bertz CT molecular complexity index is 329. The Kier molecular flexibility index (Phi) is 6.73. The van der Waals surface area contributed by atoms with E-state index in [1.54, 1.807) is 0 Å². The summed E-state index contributed by atoms with van der Waals surface area (Å²) in [5.41, 5.74) is 1.79. The second-order valence-electron chi connectivity index (χ2n) is 5.79. The normalized spacial score (nSPS) is 11.8. The molecule has 0 saturated heterocycles. The molecule has 0 radical (unpaired) electrons. The Balaban J connectivity index is 2.29. The zero-order chi connectivity index (χ0) is 13.4. The van der Waals surface area contributed by atoms with Crippen LogP contribution in [-0.2, 0) is 6.42 Å². The van der Waals surface area contributed by atoms with Crippen molar-refractivity contribution in [1.29, 1.82) is 0 Å².